The van der Waals surface area contributed by atoms with Gasteiger partial charge in [0.1, 0.15) is 35.2 Å². The van der Waals surface area contributed by atoms with E-state index in [1.54, 1.807) is 44.0 Å². The van der Waals surface area contributed by atoms with Gasteiger partial charge in [0.05, 0.1) is 0 Å². The molecule has 5 nitrogen and oxygen atoms in total. The normalized spacial score (nSPS) is 14.9. The molecule has 0 atom stereocenters. The average Bonchev–Trinajstić information content (AvgIpc) is 0.795. The molecular formula is C118H126N5+5. The Hall–Kier alpha value is -12.8. The van der Waals surface area contributed by atoms with Crippen LogP contribution in [0.2, 0.25) is 0 Å². The number of nitrogens with zero attached hydrogens (tertiary/aromatic N) is 5. The fourth-order valence-electron chi connectivity index (χ4n) is 16.4. The van der Waals surface area contributed by atoms with E-state index in [0.29, 0.717) is 38.9 Å². The molecule has 16 aromatic rings. The summed E-state index contributed by atoms with van der Waals surface area (Å²) in [6.07, 6.45) is 13.8. The predicted molar refractivity (Wildman–Crippen MR) is 520 cm³/mol. The first kappa shape index (κ1) is 65.9. The third kappa shape index (κ3) is 20.9. The molecule has 1 fully saturated rings. The third-order valence-electron chi connectivity index (χ3n) is 24.0. The highest BCUT2D eigenvalue weighted by Crippen LogP contribution is 2.39. The number of hydrogen-bond donors (Lipinski definition) is 0. The van der Waals surface area contributed by atoms with E-state index in [1.165, 1.54) is 12.0 Å². The Bertz CT molecular complexity index is 7240. The predicted octanol–water partition coefficient (Wildman–Crippen LogP) is 27.9. The minimum Gasteiger partial charge on any atom is -0.201 e. The molecule has 618 valence electrons. The SMILES string of the molecule is [2H]C([2H])([2H])c1c[n+](C)c(-c2ccccc2C)cc1-c1cc(C)c(C)c(C([2H])([2H])[2H])c1.[2H]C([2H])([2H])c1c[n+](C)c(-c2ccccc2C)cc1-c1ccc(-c2ccccc2)cc1.[2H]C([2H])([2H])c1c[n+](C)c(-c2ccccc2C)cc1-c1ccc(C)c(C)c1.[2H]C([2H])([2H])c1c[n+](C)c(-c2ccccc2C)cc1-c1ccc(C)cc1.[2H]C([2H])([2H])c1c[n+](C)c(-c2ccccc2C)cc1-c1ccc(C2([2H])CCCCC2)cc1. The van der Waals surface area contributed by atoms with Crippen LogP contribution in [0.15, 0.2) is 316 Å². The van der Waals surface area contributed by atoms with Gasteiger partial charge in [-0.1, -0.05) is 249 Å². The Morgan fingerprint density at radius 3 is 0.837 bits per heavy atom. The maximum atomic E-state index is 8.88. The maximum absolute atomic E-state index is 8.88. The van der Waals surface area contributed by atoms with E-state index in [2.05, 4.69) is 126 Å². The molecule has 5 aromatic heterocycles. The van der Waals surface area contributed by atoms with Gasteiger partial charge in [0.2, 0.25) is 28.5 Å². The van der Waals surface area contributed by atoms with Crippen molar-refractivity contribution < 1.29 is 48.9 Å². The summed E-state index contributed by atoms with van der Waals surface area (Å²) in [5.41, 5.74) is 33.9. The molecule has 0 bridgehead atoms. The van der Waals surface area contributed by atoms with Crippen molar-refractivity contribution in [3.8, 4) is 123 Å². The Balaban J connectivity index is 0.000000149. The summed E-state index contributed by atoms with van der Waals surface area (Å²) >= 11 is 0. The molecule has 0 aliphatic heterocycles. The van der Waals surface area contributed by atoms with Gasteiger partial charge in [0.15, 0.2) is 31.0 Å². The summed E-state index contributed by atoms with van der Waals surface area (Å²) in [6.45, 7) is 6.72. The van der Waals surface area contributed by atoms with Gasteiger partial charge < -0.3 is 0 Å². The van der Waals surface area contributed by atoms with E-state index >= 15 is 0 Å². The van der Waals surface area contributed by atoms with Gasteiger partial charge in [0, 0.05) is 112 Å². The second kappa shape index (κ2) is 39.8. The van der Waals surface area contributed by atoms with E-state index in [-0.39, 0.29) is 11.1 Å². The molecule has 0 radical (unpaired) electrons. The van der Waals surface area contributed by atoms with Crippen molar-refractivity contribution in [1.82, 2.24) is 0 Å². The van der Waals surface area contributed by atoms with Crippen LogP contribution in [-0.2, 0) is 35.2 Å². The van der Waals surface area contributed by atoms with Crippen molar-refractivity contribution in [3.05, 3.63) is 411 Å². The van der Waals surface area contributed by atoms with Crippen LogP contribution in [0, 0.1) is 110 Å². The van der Waals surface area contributed by atoms with E-state index in [1.807, 2.05) is 273 Å². The van der Waals surface area contributed by atoms with Crippen LogP contribution in [-0.4, -0.2) is 0 Å². The number of rotatable bonds is 12. The number of hydrogen-bond acceptors (Lipinski definition) is 0. The molecule has 1 saturated carbocycles. The Kier molecular flexibility index (Phi) is 21.3. The minimum absolute atomic E-state index is 0.196. The fourth-order valence-corrected chi connectivity index (χ4v) is 16.4. The molecule has 123 heavy (non-hydrogen) atoms. The number of aryl methyl sites for hydroxylation is 20. The Morgan fingerprint density at radius 1 is 0.220 bits per heavy atom. The summed E-state index contributed by atoms with van der Waals surface area (Å²) < 4.78 is 163. The topological polar surface area (TPSA) is 19.4 Å². The van der Waals surface area contributed by atoms with Gasteiger partial charge in [-0.15, -0.1) is 0 Å². The van der Waals surface area contributed by atoms with Crippen LogP contribution in [0.3, 0.4) is 0 Å². The summed E-state index contributed by atoms with van der Waals surface area (Å²) in [7, 11) is 9.43. The van der Waals surface area contributed by atoms with Crippen LogP contribution >= 0.6 is 0 Å². The highest BCUT2D eigenvalue weighted by Gasteiger charge is 2.24. The molecule has 11 aromatic carbocycles. The zero-order valence-corrected chi connectivity index (χ0v) is 73.8. The molecule has 0 amide bonds. The van der Waals surface area contributed by atoms with E-state index in [0.717, 1.165) is 188 Å². The highest BCUT2D eigenvalue weighted by molar-refractivity contribution is 5.79. The van der Waals surface area contributed by atoms with Crippen molar-refractivity contribution in [1.29, 1.82) is 0 Å². The molecule has 5 heteroatoms. The van der Waals surface area contributed by atoms with Gasteiger partial charge in [-0.25, -0.2) is 22.8 Å². The lowest BCUT2D eigenvalue weighted by atomic mass is 9.83. The lowest BCUT2D eigenvalue weighted by molar-refractivity contribution is -0.660. The molecule has 0 saturated heterocycles. The van der Waals surface area contributed by atoms with Gasteiger partial charge in [-0.05, 0) is 287 Å². The van der Waals surface area contributed by atoms with Crippen molar-refractivity contribution >= 4 is 0 Å². The lowest BCUT2D eigenvalue weighted by Crippen LogP contribution is -2.31. The van der Waals surface area contributed by atoms with Gasteiger partial charge >= 0.3 is 0 Å². The fraction of sp³-hybridized carbons (Fsp3) is 0.229. The quantitative estimate of drug-likeness (QED) is 0.109. The molecular weight excluding hydrogens is 1490 g/mol. The van der Waals surface area contributed by atoms with Crippen molar-refractivity contribution in [3.63, 3.8) is 0 Å². The molecule has 0 unspecified atom stereocenters. The minimum atomic E-state index is -2.34. The summed E-state index contributed by atoms with van der Waals surface area (Å²) in [5.74, 6) is -0.515. The second-order valence-electron chi connectivity index (χ2n) is 32.9. The largest absolute Gasteiger partial charge is 0.213 e. The van der Waals surface area contributed by atoms with Crippen LogP contribution < -0.4 is 22.8 Å². The number of pyridine rings is 5. The van der Waals surface area contributed by atoms with Crippen LogP contribution in [0.1, 0.15) is 159 Å². The van der Waals surface area contributed by atoms with E-state index in [4.69, 9.17) is 26.0 Å². The number of benzene rings is 11. The summed E-state index contributed by atoms with van der Waals surface area (Å²) in [6, 6.07) is 94.4. The summed E-state index contributed by atoms with van der Waals surface area (Å²) in [5, 5.41) is 0. The zero-order chi connectivity index (χ0) is 103. The van der Waals surface area contributed by atoms with Gasteiger partial charge in [-0.3, -0.25) is 0 Å². The smallest absolute Gasteiger partial charge is 0.201 e. The number of aromatic nitrogens is 5. The Labute approximate surface area is 762 Å². The average molecular weight is 1630 g/mol. The standard InChI is InChI=1S/C26H30N.C26H24N.C23H26N.C22H24N.C21H22N/c2*1-19-9-7-8-12-24(19)26-17-25(20(2)18-27(26)3)23-15-13-22(14-16-23)21-10-5-4-6-11-21;1-15-9-7-8-10-21(15)23-13-22(18(4)14-24(23)6)20-11-16(2)19(5)17(3)12-20;1-15-10-11-19(12-17(15)3)21-13-22(23(5)14-18(21)4)20-9-7-6-8-16(20)2;1-15-9-11-18(12-10-15)20-13-21(22(4)14-17(20)3)19-8-6-5-7-16(19)2/h7-9,12-18,21H,4-6,10-11H2,1-3H3;4-18H,1-3H3;7-14H,1-6H3;6-14H,1-5H3;5-14H,1-4H3/q5*+1/i2D3,21D;2D3;2D3,4D3;4D3;3D3. The van der Waals surface area contributed by atoms with Crippen molar-refractivity contribution in [2.24, 2.45) is 35.2 Å². The molecule has 1 aliphatic carbocycles. The molecule has 1 aliphatic rings. The molecule has 5 heterocycles. The zero-order valence-electron chi connectivity index (χ0n) is 92.8. The Morgan fingerprint density at radius 2 is 0.496 bits per heavy atom. The van der Waals surface area contributed by atoms with Crippen LogP contribution in [0.4, 0.5) is 0 Å². The second-order valence-corrected chi connectivity index (χ2v) is 32.9. The first-order valence-electron chi connectivity index (χ1n) is 51.8. The third-order valence-corrected chi connectivity index (χ3v) is 24.0. The van der Waals surface area contributed by atoms with Crippen molar-refractivity contribution in [2.75, 3.05) is 0 Å². The van der Waals surface area contributed by atoms with Gasteiger partial charge in [0.25, 0.3) is 0 Å². The monoisotopic (exact) mass is 1630 g/mol. The van der Waals surface area contributed by atoms with Crippen LogP contribution in [0.25, 0.3) is 123 Å². The lowest BCUT2D eigenvalue weighted by Gasteiger charge is -2.22. The summed E-state index contributed by atoms with van der Waals surface area (Å²) in [4.78, 5) is 0. The molecule has 0 spiro atoms. The first-order chi connectivity index (χ1) is 66.8. The van der Waals surface area contributed by atoms with E-state index in [9.17, 15) is 0 Å². The highest BCUT2D eigenvalue weighted by atomic mass is 14.9. The molecule has 0 N–H and O–H groups in total. The van der Waals surface area contributed by atoms with Crippen LogP contribution in [0.5, 0.6) is 0 Å². The van der Waals surface area contributed by atoms with Crippen molar-refractivity contribution in [2.45, 2.75) is 148 Å². The maximum Gasteiger partial charge on any atom is 0.213 e. The molecule has 17 rings (SSSR count). The van der Waals surface area contributed by atoms with E-state index < -0.39 is 47.0 Å². The van der Waals surface area contributed by atoms with Gasteiger partial charge in [-0.2, -0.15) is 0 Å². The first-order valence-corrected chi connectivity index (χ1v) is 42.3.